The summed E-state index contributed by atoms with van der Waals surface area (Å²) in [5.74, 6) is 0. The summed E-state index contributed by atoms with van der Waals surface area (Å²) in [5.41, 5.74) is 0.806. The Morgan fingerprint density at radius 2 is 1.52 bits per heavy atom. The Balaban J connectivity index is 2.19. The average molecular weight is 390 g/mol. The van der Waals surface area contributed by atoms with E-state index in [9.17, 15) is 18.6 Å². The van der Waals surface area contributed by atoms with Crippen LogP contribution in [0.2, 0.25) is 0 Å². The van der Waals surface area contributed by atoms with Crippen LogP contribution in [0, 0.1) is 12.3 Å². The molecule has 0 aliphatic carbocycles. The second kappa shape index (κ2) is 7.02. The van der Waals surface area contributed by atoms with Gasteiger partial charge in [-0.05, 0) is 31.5 Å². The molecule has 6 heteroatoms. The molecule has 4 atom stereocenters. The molecule has 0 amide bonds. The fourth-order valence-corrected chi connectivity index (χ4v) is 5.72. The summed E-state index contributed by atoms with van der Waals surface area (Å²) in [6.07, 6.45) is -2.29. The Bertz CT molecular complexity index is 894. The van der Waals surface area contributed by atoms with Crippen LogP contribution in [0.15, 0.2) is 59.5 Å². The molecule has 1 saturated heterocycles. The first-order chi connectivity index (χ1) is 12.6. The number of sulfonamides is 1. The Labute approximate surface area is 161 Å². The van der Waals surface area contributed by atoms with Crippen LogP contribution in [0.4, 0.5) is 0 Å². The summed E-state index contributed by atoms with van der Waals surface area (Å²) >= 11 is 0. The molecule has 0 aromatic heterocycles. The highest BCUT2D eigenvalue weighted by Gasteiger charge is 2.55. The highest BCUT2D eigenvalue weighted by Crippen LogP contribution is 2.46. The fraction of sp³-hybridized carbons (Fsp3) is 0.429. The molecule has 27 heavy (non-hydrogen) atoms. The third-order valence-electron chi connectivity index (χ3n) is 5.88. The van der Waals surface area contributed by atoms with Crippen LogP contribution in [0.1, 0.15) is 37.9 Å². The molecule has 2 aromatic carbocycles. The van der Waals surface area contributed by atoms with Crippen molar-refractivity contribution in [2.75, 3.05) is 0 Å². The number of aliphatic hydroxyl groups is 2. The highest BCUT2D eigenvalue weighted by atomic mass is 32.2. The summed E-state index contributed by atoms with van der Waals surface area (Å²) < 4.78 is 28.5. The Hall–Kier alpha value is -1.73. The molecular weight excluding hydrogens is 362 g/mol. The predicted octanol–water partition coefficient (Wildman–Crippen LogP) is 2.88. The lowest BCUT2D eigenvalue weighted by Crippen LogP contribution is -2.64. The summed E-state index contributed by atoms with van der Waals surface area (Å²) in [5, 5.41) is 21.6. The van der Waals surface area contributed by atoms with Crippen molar-refractivity contribution >= 4 is 10.0 Å². The molecule has 0 spiro atoms. The molecule has 1 fully saturated rings. The number of nitrogens with zero attached hydrogens (tertiary/aromatic N) is 1. The van der Waals surface area contributed by atoms with Crippen molar-refractivity contribution in [3.63, 3.8) is 0 Å². The molecule has 5 nitrogen and oxygen atoms in total. The van der Waals surface area contributed by atoms with E-state index in [4.69, 9.17) is 0 Å². The van der Waals surface area contributed by atoms with E-state index in [1.807, 2.05) is 13.0 Å². The Kier molecular flexibility index (Phi) is 5.20. The predicted molar refractivity (Wildman–Crippen MR) is 105 cm³/mol. The maximum absolute atomic E-state index is 13.6. The molecule has 1 heterocycles. The number of benzene rings is 2. The molecule has 0 radical (unpaired) electrons. The smallest absolute Gasteiger partial charge is 0.243 e. The first-order valence-electron chi connectivity index (χ1n) is 9.09. The monoisotopic (exact) mass is 389 g/mol. The number of hydrogen-bond acceptors (Lipinski definition) is 4. The third-order valence-corrected chi connectivity index (χ3v) is 7.85. The third kappa shape index (κ3) is 3.31. The van der Waals surface area contributed by atoms with Crippen LogP contribution < -0.4 is 0 Å². The second-order valence-corrected chi connectivity index (χ2v) is 9.78. The molecule has 146 valence electrons. The second-order valence-electron chi connectivity index (χ2n) is 7.94. The van der Waals surface area contributed by atoms with Gasteiger partial charge in [-0.3, -0.25) is 0 Å². The SMILES string of the molecule is Cc1ccc(S(=O)(=O)N2[C@@H](c3ccccc3)[C@H](O)[C@@H](O)C(C)(C)[C@H]2C)cc1. The van der Waals surface area contributed by atoms with Crippen LogP contribution in [0.3, 0.4) is 0 Å². The molecule has 2 N–H and O–H groups in total. The molecule has 2 aromatic rings. The van der Waals surface area contributed by atoms with E-state index in [0.29, 0.717) is 5.56 Å². The molecule has 0 bridgehead atoms. The van der Waals surface area contributed by atoms with Crippen LogP contribution in [-0.2, 0) is 10.0 Å². The lowest BCUT2D eigenvalue weighted by Gasteiger charge is -2.53. The van der Waals surface area contributed by atoms with E-state index in [1.165, 1.54) is 4.31 Å². The Morgan fingerprint density at radius 1 is 0.963 bits per heavy atom. The Morgan fingerprint density at radius 3 is 2.07 bits per heavy atom. The maximum atomic E-state index is 13.6. The van der Waals surface area contributed by atoms with Gasteiger partial charge < -0.3 is 10.2 Å². The number of hydrogen-bond donors (Lipinski definition) is 2. The minimum Gasteiger partial charge on any atom is -0.390 e. The van der Waals surface area contributed by atoms with Crippen molar-refractivity contribution in [2.24, 2.45) is 5.41 Å². The standard InChI is InChI=1S/C21H27NO4S/c1-14-10-12-17(13-11-14)27(25,26)22-15(2)21(3,4)20(24)19(23)18(22)16-8-6-5-7-9-16/h5-13,15,18-20,23-24H,1-4H3/t15-,18+,19+,20-/m1/s1. The molecule has 1 aliphatic rings. The normalized spacial score (nSPS) is 28.8. The lowest BCUT2D eigenvalue weighted by molar-refractivity contribution is -0.141. The van der Waals surface area contributed by atoms with Gasteiger partial charge in [-0.15, -0.1) is 0 Å². The summed E-state index contributed by atoms with van der Waals surface area (Å²) in [6, 6.07) is 14.3. The number of piperidine rings is 1. The topological polar surface area (TPSA) is 77.8 Å². The summed E-state index contributed by atoms with van der Waals surface area (Å²) in [7, 11) is -3.89. The average Bonchev–Trinajstić information content (AvgIpc) is 2.64. The summed E-state index contributed by atoms with van der Waals surface area (Å²) in [4.78, 5) is 0.181. The molecule has 0 saturated carbocycles. The zero-order valence-corrected chi connectivity index (χ0v) is 16.9. The first kappa shape index (κ1) is 20.0. The van der Waals surface area contributed by atoms with E-state index < -0.39 is 39.7 Å². The van der Waals surface area contributed by atoms with Gasteiger partial charge in [0.1, 0.15) is 6.10 Å². The van der Waals surface area contributed by atoms with Gasteiger partial charge in [0.2, 0.25) is 10.0 Å². The van der Waals surface area contributed by atoms with Crippen molar-refractivity contribution in [3.8, 4) is 0 Å². The van der Waals surface area contributed by atoms with Crippen LogP contribution in [0.5, 0.6) is 0 Å². The van der Waals surface area contributed by atoms with Gasteiger partial charge in [-0.2, -0.15) is 4.31 Å². The van der Waals surface area contributed by atoms with E-state index in [-0.39, 0.29) is 4.90 Å². The quantitative estimate of drug-likeness (QED) is 0.846. The van der Waals surface area contributed by atoms with Crippen LogP contribution >= 0.6 is 0 Å². The largest absolute Gasteiger partial charge is 0.390 e. The van der Waals surface area contributed by atoms with E-state index in [2.05, 4.69) is 0 Å². The van der Waals surface area contributed by atoms with E-state index >= 15 is 0 Å². The van der Waals surface area contributed by atoms with Crippen molar-refractivity contribution < 1.29 is 18.6 Å². The molecule has 3 rings (SSSR count). The van der Waals surface area contributed by atoms with Crippen LogP contribution in [-0.4, -0.2) is 41.2 Å². The van der Waals surface area contributed by atoms with Crippen molar-refractivity contribution in [2.45, 2.75) is 56.9 Å². The van der Waals surface area contributed by atoms with Gasteiger partial charge in [0, 0.05) is 11.5 Å². The molecular formula is C21H27NO4S. The lowest BCUT2D eigenvalue weighted by atomic mass is 9.71. The van der Waals surface area contributed by atoms with Gasteiger partial charge >= 0.3 is 0 Å². The first-order valence-corrected chi connectivity index (χ1v) is 10.5. The van der Waals surface area contributed by atoms with Crippen molar-refractivity contribution in [1.82, 2.24) is 4.31 Å². The number of rotatable bonds is 3. The highest BCUT2D eigenvalue weighted by molar-refractivity contribution is 7.89. The maximum Gasteiger partial charge on any atom is 0.243 e. The van der Waals surface area contributed by atoms with Crippen LogP contribution in [0.25, 0.3) is 0 Å². The summed E-state index contributed by atoms with van der Waals surface area (Å²) in [6.45, 7) is 7.25. The van der Waals surface area contributed by atoms with Crippen molar-refractivity contribution in [3.05, 3.63) is 65.7 Å². The number of aryl methyl sites for hydroxylation is 1. The van der Waals surface area contributed by atoms with Gasteiger partial charge in [-0.1, -0.05) is 61.9 Å². The zero-order chi connectivity index (χ0) is 20.0. The zero-order valence-electron chi connectivity index (χ0n) is 16.1. The fourth-order valence-electron chi connectivity index (χ4n) is 3.76. The number of aliphatic hydroxyl groups excluding tert-OH is 2. The van der Waals surface area contributed by atoms with Gasteiger partial charge in [0.25, 0.3) is 0 Å². The van der Waals surface area contributed by atoms with Gasteiger partial charge in [0.05, 0.1) is 17.0 Å². The van der Waals surface area contributed by atoms with Gasteiger partial charge in [0.15, 0.2) is 0 Å². The molecule has 1 aliphatic heterocycles. The van der Waals surface area contributed by atoms with E-state index in [0.717, 1.165) is 5.56 Å². The van der Waals surface area contributed by atoms with Gasteiger partial charge in [-0.25, -0.2) is 8.42 Å². The minimum atomic E-state index is -3.89. The van der Waals surface area contributed by atoms with Crippen molar-refractivity contribution in [1.29, 1.82) is 0 Å². The molecule has 0 unspecified atom stereocenters. The van der Waals surface area contributed by atoms with E-state index in [1.54, 1.807) is 69.3 Å². The minimum absolute atomic E-state index is 0.181.